The van der Waals surface area contributed by atoms with Gasteiger partial charge in [0.25, 0.3) is 5.91 Å². The van der Waals surface area contributed by atoms with Crippen LogP contribution in [0.2, 0.25) is 0 Å². The zero-order valence-corrected chi connectivity index (χ0v) is 14.2. The van der Waals surface area contributed by atoms with Gasteiger partial charge in [0.15, 0.2) is 0 Å². The van der Waals surface area contributed by atoms with Crippen molar-refractivity contribution in [2.24, 2.45) is 0 Å². The minimum absolute atomic E-state index is 0.0446. The first-order valence-electron chi connectivity index (χ1n) is 8.71. The molecule has 0 aromatic heterocycles. The van der Waals surface area contributed by atoms with Crippen LogP contribution in [-0.4, -0.2) is 73.0 Å². The van der Waals surface area contributed by atoms with Gasteiger partial charge in [0.05, 0.1) is 5.56 Å². The topological polar surface area (TPSA) is 26.8 Å². The minimum Gasteiger partial charge on any atom is -0.336 e. The van der Waals surface area contributed by atoms with Crippen molar-refractivity contribution in [3.63, 3.8) is 0 Å². The van der Waals surface area contributed by atoms with Crippen molar-refractivity contribution >= 4 is 5.91 Å². The molecule has 0 N–H and O–H groups in total. The van der Waals surface area contributed by atoms with E-state index in [0.717, 1.165) is 38.3 Å². The molecule has 0 radical (unpaired) electrons. The first-order valence-corrected chi connectivity index (χ1v) is 8.71. The van der Waals surface area contributed by atoms with Crippen LogP contribution in [0.3, 0.4) is 0 Å². The Bertz CT molecular complexity index is 588. The predicted octanol–water partition coefficient (Wildman–Crippen LogP) is 2.21. The largest absolute Gasteiger partial charge is 0.336 e. The molecule has 4 nitrogen and oxygen atoms in total. The molecular weight excluding hydrogens is 312 g/mol. The SMILES string of the molecule is CN1CCCC[C@H]1CN1CCN(C(=O)c2ccc(F)cc2F)CC1. The van der Waals surface area contributed by atoms with Crippen LogP contribution in [0.1, 0.15) is 29.6 Å². The number of benzene rings is 1. The van der Waals surface area contributed by atoms with Crippen molar-refractivity contribution in [1.29, 1.82) is 0 Å². The number of piperazine rings is 1. The first-order chi connectivity index (χ1) is 11.5. The summed E-state index contributed by atoms with van der Waals surface area (Å²) in [5.41, 5.74) is -0.0446. The van der Waals surface area contributed by atoms with Crippen LogP contribution in [0.25, 0.3) is 0 Å². The number of hydrogen-bond acceptors (Lipinski definition) is 3. The van der Waals surface area contributed by atoms with E-state index in [1.165, 1.54) is 25.3 Å². The van der Waals surface area contributed by atoms with Crippen molar-refractivity contribution in [3.05, 3.63) is 35.4 Å². The van der Waals surface area contributed by atoms with Crippen LogP contribution in [0, 0.1) is 11.6 Å². The van der Waals surface area contributed by atoms with Crippen molar-refractivity contribution in [3.8, 4) is 0 Å². The van der Waals surface area contributed by atoms with Gasteiger partial charge in [-0.2, -0.15) is 0 Å². The average molecular weight is 337 g/mol. The zero-order chi connectivity index (χ0) is 17.1. The van der Waals surface area contributed by atoms with Crippen molar-refractivity contribution < 1.29 is 13.6 Å². The van der Waals surface area contributed by atoms with Crippen LogP contribution < -0.4 is 0 Å². The maximum Gasteiger partial charge on any atom is 0.256 e. The Balaban J connectivity index is 1.53. The molecule has 24 heavy (non-hydrogen) atoms. The average Bonchev–Trinajstić information content (AvgIpc) is 2.57. The fraction of sp³-hybridized carbons (Fsp3) is 0.611. The molecule has 0 aliphatic carbocycles. The van der Waals surface area contributed by atoms with Crippen LogP contribution in [0.15, 0.2) is 18.2 Å². The summed E-state index contributed by atoms with van der Waals surface area (Å²) in [4.78, 5) is 18.9. The Hall–Kier alpha value is -1.53. The molecule has 0 saturated carbocycles. The van der Waals surface area contributed by atoms with E-state index in [1.807, 2.05) is 0 Å². The van der Waals surface area contributed by atoms with Crippen LogP contribution >= 0.6 is 0 Å². The highest BCUT2D eigenvalue weighted by molar-refractivity contribution is 5.94. The number of halogens is 2. The van der Waals surface area contributed by atoms with Gasteiger partial charge >= 0.3 is 0 Å². The van der Waals surface area contributed by atoms with Crippen LogP contribution in [0.4, 0.5) is 8.78 Å². The summed E-state index contributed by atoms with van der Waals surface area (Å²) < 4.78 is 26.8. The molecule has 2 aliphatic heterocycles. The number of nitrogens with zero attached hydrogens (tertiary/aromatic N) is 3. The highest BCUT2D eigenvalue weighted by Gasteiger charge is 2.27. The summed E-state index contributed by atoms with van der Waals surface area (Å²) in [6.07, 6.45) is 3.80. The summed E-state index contributed by atoms with van der Waals surface area (Å²) in [5.74, 6) is -1.79. The predicted molar refractivity (Wildman–Crippen MR) is 89.0 cm³/mol. The molecular formula is C18H25F2N3O. The Morgan fingerprint density at radius 3 is 2.54 bits per heavy atom. The van der Waals surface area contributed by atoms with Gasteiger partial charge in [0.2, 0.25) is 0 Å². The second-order valence-corrected chi connectivity index (χ2v) is 6.85. The highest BCUT2D eigenvalue weighted by atomic mass is 19.1. The van der Waals surface area contributed by atoms with E-state index < -0.39 is 11.6 Å². The third kappa shape index (κ3) is 3.92. The van der Waals surface area contributed by atoms with E-state index in [9.17, 15) is 13.6 Å². The Kier molecular flexibility index (Phi) is 5.46. The first kappa shape index (κ1) is 17.3. The van der Waals surface area contributed by atoms with Crippen LogP contribution in [-0.2, 0) is 0 Å². The number of amides is 1. The summed E-state index contributed by atoms with van der Waals surface area (Å²) >= 11 is 0. The number of likely N-dealkylation sites (tertiary alicyclic amines) is 1. The van der Waals surface area contributed by atoms with Gasteiger partial charge in [-0.25, -0.2) is 8.78 Å². The smallest absolute Gasteiger partial charge is 0.256 e. The molecule has 6 heteroatoms. The standard InChI is InChI=1S/C18H25F2N3O/c1-21-7-3-2-4-15(21)13-22-8-10-23(11-9-22)18(24)16-6-5-14(19)12-17(16)20/h5-6,12,15H,2-4,7-11,13H2,1H3/t15-/m0/s1. The fourth-order valence-corrected chi connectivity index (χ4v) is 3.64. The van der Waals surface area contributed by atoms with Crippen LogP contribution in [0.5, 0.6) is 0 Å². The summed E-state index contributed by atoms with van der Waals surface area (Å²) in [6, 6.07) is 3.72. The molecule has 1 aromatic rings. The molecule has 132 valence electrons. The van der Waals surface area contributed by atoms with Gasteiger partial charge < -0.3 is 9.80 Å². The van der Waals surface area contributed by atoms with Gasteiger partial charge in [-0.15, -0.1) is 0 Å². The Morgan fingerprint density at radius 1 is 1.12 bits per heavy atom. The van der Waals surface area contributed by atoms with Gasteiger partial charge in [-0.3, -0.25) is 9.69 Å². The van der Waals surface area contributed by atoms with E-state index in [4.69, 9.17) is 0 Å². The van der Waals surface area contributed by atoms with E-state index in [-0.39, 0.29) is 11.5 Å². The number of carbonyl (C=O) groups excluding carboxylic acids is 1. The number of rotatable bonds is 3. The molecule has 0 bridgehead atoms. The van der Waals surface area contributed by atoms with Crippen molar-refractivity contribution in [2.45, 2.75) is 25.3 Å². The Morgan fingerprint density at radius 2 is 1.88 bits per heavy atom. The lowest BCUT2D eigenvalue weighted by atomic mass is 10.0. The number of hydrogen-bond donors (Lipinski definition) is 0. The highest BCUT2D eigenvalue weighted by Crippen LogP contribution is 2.18. The molecule has 2 heterocycles. The zero-order valence-electron chi connectivity index (χ0n) is 14.2. The molecule has 1 atom stereocenters. The van der Waals surface area contributed by atoms with Gasteiger partial charge in [-0.05, 0) is 38.6 Å². The minimum atomic E-state index is -0.786. The molecule has 2 saturated heterocycles. The van der Waals surface area contributed by atoms with Crippen molar-refractivity contribution in [2.75, 3.05) is 46.3 Å². The molecule has 2 fully saturated rings. The van der Waals surface area contributed by atoms with Gasteiger partial charge in [-0.1, -0.05) is 6.42 Å². The number of carbonyl (C=O) groups is 1. The molecule has 0 unspecified atom stereocenters. The molecule has 1 aromatic carbocycles. The maximum absolute atomic E-state index is 13.8. The second kappa shape index (κ2) is 7.57. The van der Waals surface area contributed by atoms with Gasteiger partial charge in [0, 0.05) is 44.8 Å². The molecule has 1 amide bonds. The second-order valence-electron chi connectivity index (χ2n) is 6.85. The maximum atomic E-state index is 13.8. The third-order valence-corrected chi connectivity index (χ3v) is 5.21. The lowest BCUT2D eigenvalue weighted by Gasteiger charge is -2.40. The third-order valence-electron chi connectivity index (χ3n) is 5.21. The quantitative estimate of drug-likeness (QED) is 0.846. The lowest BCUT2D eigenvalue weighted by Crippen LogP contribution is -2.53. The Labute approximate surface area is 142 Å². The van der Waals surface area contributed by atoms with E-state index in [0.29, 0.717) is 19.1 Å². The fourth-order valence-electron chi connectivity index (χ4n) is 3.64. The van der Waals surface area contributed by atoms with Crippen molar-refractivity contribution in [1.82, 2.24) is 14.7 Å². The van der Waals surface area contributed by atoms with E-state index in [1.54, 1.807) is 4.90 Å². The normalized spacial score (nSPS) is 23.5. The monoisotopic (exact) mass is 337 g/mol. The van der Waals surface area contributed by atoms with E-state index in [2.05, 4.69) is 16.8 Å². The number of piperidine rings is 1. The van der Waals surface area contributed by atoms with E-state index >= 15 is 0 Å². The lowest BCUT2D eigenvalue weighted by molar-refractivity contribution is 0.0561. The number of likely N-dealkylation sites (N-methyl/N-ethyl adjacent to an activating group) is 1. The molecule has 0 spiro atoms. The molecule has 3 rings (SSSR count). The van der Waals surface area contributed by atoms with Gasteiger partial charge in [0.1, 0.15) is 11.6 Å². The summed E-state index contributed by atoms with van der Waals surface area (Å²) in [5, 5.41) is 0. The summed E-state index contributed by atoms with van der Waals surface area (Å²) in [6.45, 7) is 4.98. The molecule has 2 aliphatic rings. The summed E-state index contributed by atoms with van der Waals surface area (Å²) in [7, 11) is 2.18.